The molecule has 0 aliphatic heterocycles. The van der Waals surface area contributed by atoms with Crippen molar-refractivity contribution in [3.8, 4) is 17.0 Å². The maximum Gasteiger partial charge on any atom is 0.274 e. The summed E-state index contributed by atoms with van der Waals surface area (Å²) in [7, 11) is 1.45. The summed E-state index contributed by atoms with van der Waals surface area (Å²) in [4.78, 5) is 27.9. The molecule has 2 heterocycles. The molecular weight excluding hydrogens is 258 g/mol. The van der Waals surface area contributed by atoms with Gasteiger partial charge in [-0.25, -0.2) is 0 Å². The van der Waals surface area contributed by atoms with Gasteiger partial charge in [0.1, 0.15) is 5.69 Å². The van der Waals surface area contributed by atoms with Crippen LogP contribution in [0.4, 0.5) is 0 Å². The number of aromatic nitrogens is 3. The van der Waals surface area contributed by atoms with Crippen LogP contribution in [0.1, 0.15) is 0 Å². The minimum atomic E-state index is -0.420. The van der Waals surface area contributed by atoms with Gasteiger partial charge in [0.15, 0.2) is 5.75 Å². The molecule has 6 nitrogen and oxygen atoms in total. The van der Waals surface area contributed by atoms with E-state index >= 15 is 0 Å². The van der Waals surface area contributed by atoms with E-state index in [0.717, 1.165) is 5.56 Å². The number of methoxy groups -OCH3 is 1. The van der Waals surface area contributed by atoms with Gasteiger partial charge in [-0.1, -0.05) is 30.3 Å². The van der Waals surface area contributed by atoms with E-state index in [9.17, 15) is 9.59 Å². The Kier molecular flexibility index (Phi) is 2.83. The number of hydrogen-bond donors (Lipinski definition) is 2. The topological polar surface area (TPSA) is 87.8 Å². The van der Waals surface area contributed by atoms with E-state index in [1.165, 1.54) is 13.3 Å². The van der Waals surface area contributed by atoms with Crippen LogP contribution in [-0.2, 0) is 0 Å². The number of hydrogen-bond acceptors (Lipinski definition) is 4. The Hall–Kier alpha value is -2.89. The summed E-state index contributed by atoms with van der Waals surface area (Å²) in [6.07, 6.45) is 1.38. The lowest BCUT2D eigenvalue weighted by Gasteiger charge is -2.09. The Balaban J connectivity index is 2.45. The van der Waals surface area contributed by atoms with Crippen LogP contribution in [0, 0.1) is 0 Å². The first kappa shape index (κ1) is 12.2. The van der Waals surface area contributed by atoms with E-state index < -0.39 is 11.1 Å². The van der Waals surface area contributed by atoms with Crippen LogP contribution in [0.25, 0.3) is 22.0 Å². The minimum absolute atomic E-state index is 0.199. The molecule has 0 atom stereocenters. The fourth-order valence-corrected chi connectivity index (χ4v) is 2.13. The zero-order valence-corrected chi connectivity index (χ0v) is 10.6. The van der Waals surface area contributed by atoms with Crippen LogP contribution in [0.15, 0.2) is 46.1 Å². The number of H-pyrrole nitrogens is 2. The normalized spacial score (nSPS) is 10.7. The van der Waals surface area contributed by atoms with Crippen LogP contribution >= 0.6 is 0 Å². The molecule has 0 aliphatic rings. The highest BCUT2D eigenvalue weighted by molar-refractivity contribution is 5.91. The smallest absolute Gasteiger partial charge is 0.274 e. The van der Waals surface area contributed by atoms with Crippen molar-refractivity contribution in [1.29, 1.82) is 0 Å². The standard InChI is InChI=1S/C14H11N3O3/c1-20-12-10-9(13(18)16-17-14(10)19)7-15-11(12)8-5-3-2-4-6-8/h2-7H,1H3,(H,16,18)(H,17,19). The van der Waals surface area contributed by atoms with Crippen molar-refractivity contribution in [3.63, 3.8) is 0 Å². The first-order valence-corrected chi connectivity index (χ1v) is 5.95. The Bertz CT molecular complexity index is 882. The highest BCUT2D eigenvalue weighted by Crippen LogP contribution is 2.31. The van der Waals surface area contributed by atoms with Crippen LogP contribution in [0.3, 0.4) is 0 Å². The van der Waals surface area contributed by atoms with E-state index in [-0.39, 0.29) is 10.8 Å². The van der Waals surface area contributed by atoms with Gasteiger partial charge in [0, 0.05) is 11.8 Å². The van der Waals surface area contributed by atoms with Crippen LogP contribution in [-0.4, -0.2) is 22.3 Å². The molecule has 0 saturated heterocycles. The number of rotatable bonds is 2. The van der Waals surface area contributed by atoms with Gasteiger partial charge in [0.05, 0.1) is 17.9 Å². The predicted octanol–water partition coefficient (Wildman–Crippen LogP) is 1.29. The molecule has 0 spiro atoms. The van der Waals surface area contributed by atoms with E-state index in [1.54, 1.807) is 0 Å². The molecule has 0 radical (unpaired) electrons. The quantitative estimate of drug-likeness (QED) is 0.733. The van der Waals surface area contributed by atoms with Crippen molar-refractivity contribution in [2.75, 3.05) is 7.11 Å². The van der Waals surface area contributed by atoms with Gasteiger partial charge < -0.3 is 4.74 Å². The molecule has 0 fully saturated rings. The third kappa shape index (κ3) is 1.78. The maximum atomic E-state index is 12.0. The predicted molar refractivity (Wildman–Crippen MR) is 75.0 cm³/mol. The number of ether oxygens (including phenoxy) is 1. The van der Waals surface area contributed by atoms with Gasteiger partial charge in [-0.05, 0) is 0 Å². The molecule has 3 rings (SSSR count). The van der Waals surface area contributed by atoms with Gasteiger partial charge in [0.25, 0.3) is 11.1 Å². The van der Waals surface area contributed by atoms with Gasteiger partial charge in [-0.15, -0.1) is 0 Å². The summed E-state index contributed by atoms with van der Waals surface area (Å²) in [6.45, 7) is 0. The van der Waals surface area contributed by atoms with E-state index in [1.807, 2.05) is 30.3 Å². The SMILES string of the molecule is COc1c(-c2ccccc2)ncc2c(=O)[nH][nH]c(=O)c12. The Morgan fingerprint density at radius 1 is 1.05 bits per heavy atom. The van der Waals surface area contributed by atoms with Crippen LogP contribution in [0.5, 0.6) is 5.75 Å². The maximum absolute atomic E-state index is 12.0. The monoisotopic (exact) mass is 269 g/mol. The highest BCUT2D eigenvalue weighted by atomic mass is 16.5. The Labute approximate surface area is 113 Å². The molecule has 0 unspecified atom stereocenters. The molecule has 1 aromatic carbocycles. The summed E-state index contributed by atoms with van der Waals surface area (Å²) in [6, 6.07) is 9.33. The molecular formula is C14H11N3O3. The third-order valence-corrected chi connectivity index (χ3v) is 3.05. The lowest BCUT2D eigenvalue weighted by molar-refractivity contribution is 0.419. The number of fused-ring (bicyclic) bond motifs is 1. The summed E-state index contributed by atoms with van der Waals surface area (Å²) < 4.78 is 5.31. The number of aromatic amines is 2. The second-order valence-corrected chi connectivity index (χ2v) is 4.20. The summed E-state index contributed by atoms with van der Waals surface area (Å²) in [5.74, 6) is 0.293. The molecule has 2 aromatic heterocycles. The van der Waals surface area contributed by atoms with Gasteiger partial charge >= 0.3 is 0 Å². The van der Waals surface area contributed by atoms with Crippen molar-refractivity contribution < 1.29 is 4.74 Å². The van der Waals surface area contributed by atoms with E-state index in [2.05, 4.69) is 15.2 Å². The second kappa shape index (κ2) is 4.65. The highest BCUT2D eigenvalue weighted by Gasteiger charge is 2.16. The van der Waals surface area contributed by atoms with Crippen molar-refractivity contribution >= 4 is 10.8 Å². The molecule has 3 aromatic rings. The number of pyridine rings is 1. The molecule has 2 N–H and O–H groups in total. The van der Waals surface area contributed by atoms with Crippen LogP contribution in [0.2, 0.25) is 0 Å². The Morgan fingerprint density at radius 3 is 2.45 bits per heavy atom. The summed E-state index contributed by atoms with van der Waals surface area (Å²) in [5.41, 5.74) is 0.503. The first-order valence-electron chi connectivity index (χ1n) is 5.95. The molecule has 0 saturated carbocycles. The molecule has 6 heteroatoms. The second-order valence-electron chi connectivity index (χ2n) is 4.20. The third-order valence-electron chi connectivity index (χ3n) is 3.05. The van der Waals surface area contributed by atoms with Crippen molar-refractivity contribution in [2.45, 2.75) is 0 Å². The van der Waals surface area contributed by atoms with E-state index in [4.69, 9.17) is 4.74 Å². The van der Waals surface area contributed by atoms with Gasteiger partial charge in [-0.2, -0.15) is 0 Å². The zero-order chi connectivity index (χ0) is 14.1. The lowest BCUT2D eigenvalue weighted by atomic mass is 10.1. The largest absolute Gasteiger partial charge is 0.494 e. The average molecular weight is 269 g/mol. The molecule has 0 bridgehead atoms. The summed E-state index contributed by atoms with van der Waals surface area (Å²) >= 11 is 0. The molecule has 100 valence electrons. The Morgan fingerprint density at radius 2 is 1.75 bits per heavy atom. The minimum Gasteiger partial charge on any atom is -0.494 e. The number of nitrogens with one attached hydrogen (secondary N) is 2. The van der Waals surface area contributed by atoms with Crippen molar-refractivity contribution in [1.82, 2.24) is 15.2 Å². The van der Waals surface area contributed by atoms with Gasteiger partial charge in [0.2, 0.25) is 0 Å². The molecule has 20 heavy (non-hydrogen) atoms. The molecule has 0 amide bonds. The average Bonchev–Trinajstić information content (AvgIpc) is 2.50. The van der Waals surface area contributed by atoms with Crippen LogP contribution < -0.4 is 15.9 Å². The first-order chi connectivity index (χ1) is 9.72. The zero-order valence-electron chi connectivity index (χ0n) is 10.6. The fourth-order valence-electron chi connectivity index (χ4n) is 2.13. The van der Waals surface area contributed by atoms with Crippen molar-refractivity contribution in [3.05, 3.63) is 57.2 Å². The van der Waals surface area contributed by atoms with Crippen molar-refractivity contribution in [2.24, 2.45) is 0 Å². The fraction of sp³-hybridized carbons (Fsp3) is 0.0714. The lowest BCUT2D eigenvalue weighted by Crippen LogP contribution is -2.20. The number of benzene rings is 1. The molecule has 0 aliphatic carbocycles. The van der Waals surface area contributed by atoms with Gasteiger partial charge in [-0.3, -0.25) is 24.8 Å². The number of nitrogens with zero attached hydrogens (tertiary/aromatic N) is 1. The van der Waals surface area contributed by atoms with E-state index in [0.29, 0.717) is 11.4 Å². The summed E-state index contributed by atoms with van der Waals surface area (Å²) in [5, 5.41) is 4.96.